The number of hydrogen-bond acceptors (Lipinski definition) is 5. The molecule has 142 valence electrons. The zero-order valence-corrected chi connectivity index (χ0v) is 17.4. The lowest BCUT2D eigenvalue weighted by Crippen LogP contribution is -2.54. The van der Waals surface area contributed by atoms with E-state index in [0.29, 0.717) is 33.9 Å². The SMILES string of the molecule is COc1cccc2c1C1(O)c3c(OC)cccc3P2(=S)c2cccc(OC)c21. The van der Waals surface area contributed by atoms with Gasteiger partial charge in [0.05, 0.1) is 21.3 Å². The third-order valence-corrected chi connectivity index (χ3v) is 10.7. The van der Waals surface area contributed by atoms with Crippen LogP contribution >= 0.6 is 6.04 Å². The predicted molar refractivity (Wildman–Crippen MR) is 114 cm³/mol. The van der Waals surface area contributed by atoms with Gasteiger partial charge in [0.25, 0.3) is 0 Å². The number of methoxy groups -OCH3 is 3. The van der Waals surface area contributed by atoms with Crippen molar-refractivity contribution in [2.75, 3.05) is 21.3 Å². The van der Waals surface area contributed by atoms with Crippen LogP contribution in [0.25, 0.3) is 0 Å². The first-order chi connectivity index (χ1) is 13.5. The van der Waals surface area contributed by atoms with Crippen molar-refractivity contribution >= 4 is 33.8 Å². The molecule has 0 saturated carbocycles. The summed E-state index contributed by atoms with van der Waals surface area (Å²) in [6.07, 6.45) is 0. The summed E-state index contributed by atoms with van der Waals surface area (Å²) in [5.74, 6) is 1.84. The molecule has 0 fully saturated rings. The van der Waals surface area contributed by atoms with Gasteiger partial charge in [-0.15, -0.1) is 0 Å². The maximum atomic E-state index is 12.5. The average molecular weight is 410 g/mol. The van der Waals surface area contributed by atoms with Gasteiger partial charge in [0.1, 0.15) is 17.2 Å². The van der Waals surface area contributed by atoms with Crippen molar-refractivity contribution in [1.82, 2.24) is 0 Å². The van der Waals surface area contributed by atoms with Crippen LogP contribution in [0, 0.1) is 0 Å². The largest absolute Gasteiger partial charge is 0.496 e. The highest BCUT2D eigenvalue weighted by Gasteiger charge is 2.58. The lowest BCUT2D eigenvalue weighted by atomic mass is 9.77. The molecule has 0 radical (unpaired) electrons. The van der Waals surface area contributed by atoms with Gasteiger partial charge in [-0.2, -0.15) is 0 Å². The van der Waals surface area contributed by atoms with Crippen LogP contribution in [-0.4, -0.2) is 26.4 Å². The summed E-state index contributed by atoms with van der Waals surface area (Å²) >= 11 is 6.46. The van der Waals surface area contributed by atoms with E-state index in [9.17, 15) is 5.11 Å². The molecule has 3 aromatic carbocycles. The molecule has 0 atom stereocenters. The Balaban J connectivity index is 2.07. The summed E-state index contributed by atoms with van der Waals surface area (Å²) in [7, 11) is 4.84. The van der Waals surface area contributed by atoms with E-state index >= 15 is 0 Å². The van der Waals surface area contributed by atoms with Gasteiger partial charge in [0.2, 0.25) is 0 Å². The van der Waals surface area contributed by atoms with Crippen molar-refractivity contribution in [3.8, 4) is 17.2 Å². The van der Waals surface area contributed by atoms with Gasteiger partial charge in [0, 0.05) is 38.6 Å². The zero-order chi connectivity index (χ0) is 19.7. The molecule has 0 unspecified atom stereocenters. The molecule has 3 heterocycles. The Morgan fingerprint density at radius 3 is 1.29 bits per heavy atom. The second-order valence-corrected chi connectivity index (χ2v) is 11.2. The average Bonchev–Trinajstić information content (AvgIpc) is 2.75. The molecule has 3 aliphatic rings. The molecule has 6 rings (SSSR count). The van der Waals surface area contributed by atoms with Gasteiger partial charge in [-0.05, 0) is 18.2 Å². The Bertz CT molecular complexity index is 1040. The number of benzene rings is 3. The minimum absolute atomic E-state index is 0.613. The quantitative estimate of drug-likeness (QED) is 0.672. The highest BCUT2D eigenvalue weighted by atomic mass is 32.4. The monoisotopic (exact) mass is 410 g/mol. The highest BCUT2D eigenvalue weighted by Crippen LogP contribution is 2.64. The Kier molecular flexibility index (Phi) is 3.70. The highest BCUT2D eigenvalue weighted by molar-refractivity contribution is 8.25. The Morgan fingerprint density at radius 1 is 0.679 bits per heavy atom. The van der Waals surface area contributed by atoms with E-state index in [1.807, 2.05) is 54.6 Å². The molecule has 28 heavy (non-hydrogen) atoms. The van der Waals surface area contributed by atoms with Gasteiger partial charge >= 0.3 is 0 Å². The summed E-state index contributed by atoms with van der Waals surface area (Å²) in [6, 6.07) is 15.1. The molecule has 3 aliphatic heterocycles. The third-order valence-electron chi connectivity index (χ3n) is 5.78. The lowest BCUT2D eigenvalue weighted by molar-refractivity contribution is 0.117. The van der Waals surface area contributed by atoms with E-state index < -0.39 is 11.6 Å². The summed E-state index contributed by atoms with van der Waals surface area (Å²) in [4.78, 5) is 0. The second kappa shape index (κ2) is 5.84. The fourth-order valence-corrected chi connectivity index (χ4v) is 9.51. The first-order valence-electron chi connectivity index (χ1n) is 8.90. The smallest absolute Gasteiger partial charge is 0.153 e. The molecule has 1 N–H and O–H groups in total. The van der Waals surface area contributed by atoms with Crippen LogP contribution in [0.2, 0.25) is 0 Å². The van der Waals surface area contributed by atoms with E-state index in [-0.39, 0.29) is 0 Å². The molecule has 0 amide bonds. The predicted octanol–water partition coefficient (Wildman–Crippen LogP) is 2.38. The number of aliphatic hydroxyl groups is 1. The summed E-state index contributed by atoms with van der Waals surface area (Å²) < 4.78 is 17.0. The fourth-order valence-electron chi connectivity index (χ4n) is 4.71. The molecule has 4 nitrogen and oxygen atoms in total. The zero-order valence-electron chi connectivity index (χ0n) is 15.7. The molecule has 0 saturated heterocycles. The molecule has 3 aromatic rings. The molecule has 6 heteroatoms. The van der Waals surface area contributed by atoms with Crippen LogP contribution in [0.15, 0.2) is 54.6 Å². The first kappa shape index (κ1) is 17.7. The lowest BCUT2D eigenvalue weighted by Gasteiger charge is -2.50. The van der Waals surface area contributed by atoms with Gasteiger partial charge < -0.3 is 19.3 Å². The van der Waals surface area contributed by atoms with E-state index in [2.05, 4.69) is 0 Å². The van der Waals surface area contributed by atoms with Crippen molar-refractivity contribution in [2.24, 2.45) is 0 Å². The maximum absolute atomic E-state index is 12.5. The number of rotatable bonds is 3. The topological polar surface area (TPSA) is 47.9 Å². The standard InChI is InChI=1S/C22H19O4PS/c1-24-13-7-4-10-16-19(13)22(23)20-14(25-2)8-5-11-17(20)27(16,28)18-12-6-9-15(26-3)21(18)22/h4-12,23H,1-3H3. The van der Waals surface area contributed by atoms with Crippen molar-refractivity contribution in [2.45, 2.75) is 5.60 Å². The normalized spacial score (nSPS) is 23.4. The molecule has 0 spiro atoms. The fraction of sp³-hybridized carbons (Fsp3) is 0.182. The summed E-state index contributed by atoms with van der Waals surface area (Å²) in [6.45, 7) is 0. The van der Waals surface area contributed by atoms with Crippen LogP contribution in [-0.2, 0) is 17.4 Å². The van der Waals surface area contributed by atoms with Crippen molar-refractivity contribution < 1.29 is 19.3 Å². The van der Waals surface area contributed by atoms with Crippen molar-refractivity contribution in [3.63, 3.8) is 0 Å². The second-order valence-electron chi connectivity index (χ2n) is 6.88. The Morgan fingerprint density at radius 2 is 1.00 bits per heavy atom. The third kappa shape index (κ3) is 1.82. The van der Waals surface area contributed by atoms with E-state index in [1.54, 1.807) is 21.3 Å². The minimum Gasteiger partial charge on any atom is -0.496 e. The first-order valence-corrected chi connectivity index (χ1v) is 11.7. The van der Waals surface area contributed by atoms with Crippen molar-refractivity contribution in [1.29, 1.82) is 0 Å². The van der Waals surface area contributed by atoms with E-state index in [4.69, 9.17) is 26.0 Å². The molecular weight excluding hydrogens is 391 g/mol. The van der Waals surface area contributed by atoms with Gasteiger partial charge in [0.15, 0.2) is 5.60 Å². The van der Waals surface area contributed by atoms with Crippen LogP contribution in [0.3, 0.4) is 0 Å². The number of hydrogen-bond donors (Lipinski definition) is 1. The van der Waals surface area contributed by atoms with Gasteiger partial charge in [-0.25, -0.2) is 0 Å². The maximum Gasteiger partial charge on any atom is 0.153 e. The molecule has 0 aliphatic carbocycles. The van der Waals surface area contributed by atoms with E-state index in [0.717, 1.165) is 15.9 Å². The molecule has 2 bridgehead atoms. The van der Waals surface area contributed by atoms with Crippen LogP contribution < -0.4 is 30.1 Å². The van der Waals surface area contributed by atoms with Crippen LogP contribution in [0.4, 0.5) is 0 Å². The van der Waals surface area contributed by atoms with Crippen LogP contribution in [0.5, 0.6) is 17.2 Å². The van der Waals surface area contributed by atoms with Crippen molar-refractivity contribution in [3.05, 3.63) is 71.3 Å². The van der Waals surface area contributed by atoms with E-state index in [1.165, 1.54) is 0 Å². The van der Waals surface area contributed by atoms with Crippen LogP contribution in [0.1, 0.15) is 16.7 Å². The Hall–Kier alpha value is -2.33. The van der Waals surface area contributed by atoms with Gasteiger partial charge in [-0.3, -0.25) is 0 Å². The molecular formula is C22H19O4PS. The molecule has 0 aromatic heterocycles. The summed E-state index contributed by atoms with van der Waals surface area (Å²) in [5.41, 5.74) is 0.631. The number of ether oxygens (including phenoxy) is 3. The van der Waals surface area contributed by atoms with Gasteiger partial charge in [-0.1, -0.05) is 48.2 Å². The Labute approximate surface area is 168 Å². The summed E-state index contributed by atoms with van der Waals surface area (Å²) in [5, 5.41) is 15.3. The minimum atomic E-state index is -2.43.